The van der Waals surface area contributed by atoms with E-state index in [1.165, 1.54) is 77.0 Å². The minimum absolute atomic E-state index is 0. The Hall–Kier alpha value is 0.870. The molecule has 4 nitrogen and oxygen atoms in total. The first-order valence-corrected chi connectivity index (χ1v) is 14.0. The van der Waals surface area contributed by atoms with Crippen LogP contribution in [0.2, 0.25) is 0 Å². The molecule has 6 heteroatoms. The first-order valence-electron chi connectivity index (χ1n) is 12.5. The third-order valence-electron chi connectivity index (χ3n) is 6.06. The number of rotatable bonds is 22. The summed E-state index contributed by atoms with van der Waals surface area (Å²) in [6, 6.07) is 0. The van der Waals surface area contributed by atoms with Gasteiger partial charge in [0.2, 0.25) is 0 Å². The molecule has 176 valence electrons. The van der Waals surface area contributed by atoms with E-state index < -0.39 is 15.1 Å². The van der Waals surface area contributed by atoms with E-state index in [1.807, 2.05) is 6.92 Å². The molecular weight excluding hydrogens is 407 g/mol. The first-order chi connectivity index (χ1) is 13.9. The van der Waals surface area contributed by atoms with Gasteiger partial charge in [-0.3, -0.25) is 0 Å². The summed E-state index contributed by atoms with van der Waals surface area (Å²) < 4.78 is 34.3. The molecule has 1 unspecified atom stereocenters. The Balaban J connectivity index is 0. The van der Waals surface area contributed by atoms with Gasteiger partial charge in [0.05, 0.1) is 0 Å². The van der Waals surface area contributed by atoms with E-state index in [0.29, 0.717) is 12.8 Å². The molecule has 0 aromatic rings. The van der Waals surface area contributed by atoms with Gasteiger partial charge in [-0.2, -0.15) is 0 Å². The molecule has 0 fully saturated rings. The zero-order chi connectivity index (χ0) is 21.8. The molecule has 0 aromatic heterocycles. The normalized spacial score (nSPS) is 13.7. The van der Waals surface area contributed by atoms with Crippen molar-refractivity contribution in [3.8, 4) is 0 Å². The van der Waals surface area contributed by atoms with Gasteiger partial charge in [0.25, 0.3) is 0 Å². The largest absolute Gasteiger partial charge is 1.00 e. The molecule has 0 heterocycles. The summed E-state index contributed by atoms with van der Waals surface area (Å²) in [6.45, 7) is 4.27. The molecule has 0 rings (SSSR count). The molecule has 0 spiro atoms. The quantitative estimate of drug-likeness (QED) is 0.148. The van der Waals surface area contributed by atoms with Gasteiger partial charge < -0.3 is 9.66 Å². The monoisotopic (exact) mass is 456 g/mol. The average Bonchev–Trinajstić information content (AvgIpc) is 2.67. The first kappa shape index (κ1) is 33.0. The van der Waals surface area contributed by atoms with Crippen LogP contribution in [0.4, 0.5) is 0 Å². The molecule has 0 bridgehead atoms. The molecular formula is C24H49NaO4S. The van der Waals surface area contributed by atoms with Gasteiger partial charge in [-0.15, -0.1) is 0 Å². The molecule has 0 aliphatic rings. The van der Waals surface area contributed by atoms with Crippen LogP contribution in [0.5, 0.6) is 0 Å². The number of hydrogen-bond donors (Lipinski definition) is 1. The van der Waals surface area contributed by atoms with Crippen LogP contribution in [0.15, 0.2) is 0 Å². The van der Waals surface area contributed by atoms with E-state index in [4.69, 9.17) is 0 Å². The second-order valence-electron chi connectivity index (χ2n) is 8.91. The Kier molecular flexibility index (Phi) is 23.9. The Morgan fingerprint density at radius 2 is 0.800 bits per heavy atom. The van der Waals surface area contributed by atoms with E-state index in [1.54, 1.807) is 0 Å². The van der Waals surface area contributed by atoms with E-state index in [2.05, 4.69) is 6.92 Å². The minimum Gasteiger partial charge on any atom is -0.746 e. The molecule has 0 radical (unpaired) electrons. The molecule has 30 heavy (non-hydrogen) atoms. The molecule has 0 saturated carbocycles. The second-order valence-corrected chi connectivity index (χ2v) is 10.6. The Morgan fingerprint density at radius 1 is 0.567 bits per heavy atom. The number of unbranched alkanes of at least 4 members (excludes halogenated alkanes) is 17. The zero-order valence-corrected chi connectivity index (χ0v) is 23.2. The van der Waals surface area contributed by atoms with E-state index in [9.17, 15) is 18.1 Å². The second kappa shape index (κ2) is 21.7. The van der Waals surface area contributed by atoms with Crippen molar-refractivity contribution in [1.82, 2.24) is 0 Å². The Morgan fingerprint density at radius 3 is 1.10 bits per heavy atom. The van der Waals surface area contributed by atoms with Crippen LogP contribution in [0, 0.1) is 0 Å². The van der Waals surface area contributed by atoms with Crippen molar-refractivity contribution in [2.75, 3.05) is 0 Å². The van der Waals surface area contributed by atoms with Gasteiger partial charge in [-0.25, -0.2) is 8.42 Å². The van der Waals surface area contributed by atoms with Gasteiger partial charge >= 0.3 is 29.6 Å². The van der Waals surface area contributed by atoms with Crippen molar-refractivity contribution in [2.24, 2.45) is 0 Å². The van der Waals surface area contributed by atoms with Crippen LogP contribution in [0.1, 0.15) is 149 Å². The fraction of sp³-hybridized carbons (Fsp3) is 1.00. The van der Waals surface area contributed by atoms with E-state index in [-0.39, 0.29) is 42.4 Å². The van der Waals surface area contributed by atoms with Crippen LogP contribution in [-0.2, 0) is 10.1 Å². The summed E-state index contributed by atoms with van der Waals surface area (Å²) in [6.07, 6.45) is 22.5. The van der Waals surface area contributed by atoms with Crippen molar-refractivity contribution in [3.05, 3.63) is 0 Å². The standard InChI is InChI=1S/C24H50O4S.Na/c1-3-5-7-8-9-10-11-12-13-14-15-16-17-18-19-21-23-24(25,29(26,27)28)22-20-6-4-2;/h25H,3-23H2,1-2H3,(H,26,27,28);/q;+1/p-1. The summed E-state index contributed by atoms with van der Waals surface area (Å²) in [5, 5.41) is 10.3. The Bertz CT molecular complexity index is 456. The molecule has 0 aliphatic heterocycles. The van der Waals surface area contributed by atoms with E-state index in [0.717, 1.165) is 32.1 Å². The topological polar surface area (TPSA) is 77.4 Å². The number of aliphatic hydroxyl groups is 1. The summed E-state index contributed by atoms with van der Waals surface area (Å²) in [7, 11) is -4.66. The maximum Gasteiger partial charge on any atom is 1.00 e. The van der Waals surface area contributed by atoms with Gasteiger partial charge in [0.1, 0.15) is 10.1 Å². The molecule has 1 atom stereocenters. The molecule has 0 saturated heterocycles. The van der Waals surface area contributed by atoms with Crippen LogP contribution in [-0.4, -0.2) is 23.0 Å². The maximum absolute atomic E-state index is 11.4. The van der Waals surface area contributed by atoms with Gasteiger partial charge in [0, 0.05) is 0 Å². The fourth-order valence-corrected chi connectivity index (χ4v) is 4.76. The van der Waals surface area contributed by atoms with Crippen molar-refractivity contribution in [3.63, 3.8) is 0 Å². The fourth-order valence-electron chi connectivity index (χ4n) is 3.98. The Labute approximate surface area is 210 Å². The van der Waals surface area contributed by atoms with Crippen molar-refractivity contribution >= 4 is 10.1 Å². The van der Waals surface area contributed by atoms with Gasteiger partial charge in [-0.05, 0) is 25.7 Å². The summed E-state index contributed by atoms with van der Waals surface area (Å²) >= 11 is 0. The van der Waals surface area contributed by atoms with Crippen LogP contribution < -0.4 is 29.6 Å². The predicted octanol–water partition coefficient (Wildman–Crippen LogP) is 4.46. The molecule has 0 aromatic carbocycles. The molecule has 0 amide bonds. The zero-order valence-electron chi connectivity index (χ0n) is 20.4. The third-order valence-corrected chi connectivity index (χ3v) is 7.40. The summed E-state index contributed by atoms with van der Waals surface area (Å²) in [5.41, 5.74) is 0. The van der Waals surface area contributed by atoms with Crippen LogP contribution >= 0.6 is 0 Å². The third kappa shape index (κ3) is 18.4. The summed E-state index contributed by atoms with van der Waals surface area (Å²) in [4.78, 5) is -2.06. The van der Waals surface area contributed by atoms with Gasteiger partial charge in [0.15, 0.2) is 4.93 Å². The van der Waals surface area contributed by atoms with E-state index >= 15 is 0 Å². The van der Waals surface area contributed by atoms with Crippen LogP contribution in [0.25, 0.3) is 0 Å². The molecule has 0 aliphatic carbocycles. The van der Waals surface area contributed by atoms with Crippen molar-refractivity contribution < 1.29 is 47.6 Å². The van der Waals surface area contributed by atoms with Crippen molar-refractivity contribution in [1.29, 1.82) is 0 Å². The summed E-state index contributed by atoms with van der Waals surface area (Å²) in [5.74, 6) is 0. The SMILES string of the molecule is CCCCCCCCCCCCCCCCCCC(O)(CCCCC)S(=O)(=O)[O-].[Na+]. The predicted molar refractivity (Wildman–Crippen MR) is 123 cm³/mol. The number of hydrogen-bond acceptors (Lipinski definition) is 4. The van der Waals surface area contributed by atoms with Crippen LogP contribution in [0.3, 0.4) is 0 Å². The smallest absolute Gasteiger partial charge is 0.746 e. The van der Waals surface area contributed by atoms with Gasteiger partial charge in [-0.1, -0.05) is 123 Å². The molecule has 1 N–H and O–H groups in total. The maximum atomic E-state index is 11.4. The van der Waals surface area contributed by atoms with Crippen molar-refractivity contribution in [2.45, 2.75) is 154 Å². The average molecular weight is 457 g/mol. The minimum atomic E-state index is -4.66.